The highest BCUT2D eigenvalue weighted by Gasteiger charge is 2.44. The van der Waals surface area contributed by atoms with Crippen molar-refractivity contribution in [3.05, 3.63) is 0 Å². The first-order chi connectivity index (χ1) is 7.85. The molecule has 0 aliphatic rings. The lowest BCUT2D eigenvalue weighted by Crippen LogP contribution is -2.46. The van der Waals surface area contributed by atoms with E-state index in [1.165, 1.54) is 19.3 Å². The number of unbranched alkanes of at least 4 members (excludes halogenated alkanes) is 1. The Kier molecular flexibility index (Phi) is 7.39. The zero-order valence-electron chi connectivity index (χ0n) is 13.0. The Morgan fingerprint density at radius 2 is 1.59 bits per heavy atom. The van der Waals surface area contributed by atoms with Crippen molar-refractivity contribution in [1.29, 1.82) is 0 Å². The molecule has 0 bridgehead atoms. The molecule has 1 N–H and O–H groups in total. The van der Waals surface area contributed by atoms with Crippen molar-refractivity contribution in [3.63, 3.8) is 0 Å². The Balaban J connectivity index is 5.00. The van der Waals surface area contributed by atoms with Gasteiger partial charge in [0.2, 0.25) is 0 Å². The molecule has 2 unspecified atom stereocenters. The molecule has 1 nitrogen and oxygen atoms in total. The minimum atomic E-state index is -0.504. The Morgan fingerprint density at radius 3 is 1.94 bits per heavy atom. The first-order valence-corrected chi connectivity index (χ1v) is 7.57. The molecular weight excluding hydrogens is 208 g/mol. The largest absolute Gasteiger partial charge is 0.390 e. The second-order valence-electron chi connectivity index (χ2n) is 6.36. The summed E-state index contributed by atoms with van der Waals surface area (Å²) >= 11 is 0. The number of rotatable bonds is 9. The minimum absolute atomic E-state index is 0.118. The van der Waals surface area contributed by atoms with Gasteiger partial charge in [-0.05, 0) is 43.9 Å². The zero-order valence-corrected chi connectivity index (χ0v) is 13.0. The van der Waals surface area contributed by atoms with Gasteiger partial charge in [-0.2, -0.15) is 0 Å². The van der Waals surface area contributed by atoms with Gasteiger partial charge in [0.15, 0.2) is 0 Å². The lowest BCUT2D eigenvalue weighted by Gasteiger charge is -2.47. The number of aliphatic hydroxyl groups is 1. The highest BCUT2D eigenvalue weighted by atomic mass is 16.3. The van der Waals surface area contributed by atoms with Crippen LogP contribution in [0.2, 0.25) is 0 Å². The molecule has 0 aromatic rings. The molecule has 0 spiro atoms. The van der Waals surface area contributed by atoms with Crippen molar-refractivity contribution >= 4 is 0 Å². The Morgan fingerprint density at radius 1 is 1.00 bits per heavy atom. The van der Waals surface area contributed by atoms with Crippen molar-refractivity contribution in [2.45, 2.75) is 92.1 Å². The zero-order chi connectivity index (χ0) is 13.5. The highest BCUT2D eigenvalue weighted by molar-refractivity contribution is 4.95. The summed E-state index contributed by atoms with van der Waals surface area (Å²) in [5.41, 5.74) is -0.386. The van der Waals surface area contributed by atoms with Gasteiger partial charge in [-0.25, -0.2) is 0 Å². The lowest BCUT2D eigenvalue weighted by molar-refractivity contribution is -0.0963. The van der Waals surface area contributed by atoms with Crippen LogP contribution in [0.1, 0.15) is 86.5 Å². The number of hydrogen-bond donors (Lipinski definition) is 1. The fourth-order valence-corrected chi connectivity index (χ4v) is 3.34. The molecule has 0 radical (unpaired) electrons. The molecule has 0 aromatic heterocycles. The number of hydrogen-bond acceptors (Lipinski definition) is 1. The summed E-state index contributed by atoms with van der Waals surface area (Å²) in [6.07, 6.45) is 7.87. The summed E-state index contributed by atoms with van der Waals surface area (Å²) in [6.45, 7) is 13.3. The molecule has 0 saturated heterocycles. The van der Waals surface area contributed by atoms with Crippen molar-refractivity contribution < 1.29 is 5.11 Å². The van der Waals surface area contributed by atoms with Crippen LogP contribution in [-0.2, 0) is 0 Å². The predicted molar refractivity (Wildman–Crippen MR) is 77.2 cm³/mol. The van der Waals surface area contributed by atoms with Gasteiger partial charge in [0.25, 0.3) is 0 Å². The van der Waals surface area contributed by atoms with E-state index in [4.69, 9.17) is 0 Å². The first kappa shape index (κ1) is 17.0. The van der Waals surface area contributed by atoms with Gasteiger partial charge in [0, 0.05) is 0 Å². The van der Waals surface area contributed by atoms with E-state index in [1.807, 2.05) is 0 Å². The van der Waals surface area contributed by atoms with Crippen molar-refractivity contribution in [2.75, 3.05) is 0 Å². The van der Waals surface area contributed by atoms with Crippen LogP contribution >= 0.6 is 0 Å². The molecule has 0 rings (SSSR count). The predicted octanol–water partition coefficient (Wildman–Crippen LogP) is 5.17. The van der Waals surface area contributed by atoms with Crippen LogP contribution < -0.4 is 0 Å². The van der Waals surface area contributed by atoms with E-state index in [0.717, 1.165) is 25.7 Å². The third kappa shape index (κ3) is 4.62. The van der Waals surface area contributed by atoms with Gasteiger partial charge in [-0.15, -0.1) is 0 Å². The molecule has 104 valence electrons. The quantitative estimate of drug-likeness (QED) is 0.591. The second-order valence-corrected chi connectivity index (χ2v) is 6.36. The fraction of sp³-hybridized carbons (Fsp3) is 1.00. The van der Waals surface area contributed by atoms with Crippen LogP contribution in [0.4, 0.5) is 0 Å². The van der Waals surface area contributed by atoms with Gasteiger partial charge < -0.3 is 5.11 Å². The third-order valence-corrected chi connectivity index (χ3v) is 4.36. The molecule has 0 heterocycles. The van der Waals surface area contributed by atoms with Crippen LogP contribution in [0, 0.1) is 11.3 Å². The summed E-state index contributed by atoms with van der Waals surface area (Å²) in [6, 6.07) is 0. The maximum atomic E-state index is 10.9. The van der Waals surface area contributed by atoms with E-state index in [9.17, 15) is 5.11 Å². The summed E-state index contributed by atoms with van der Waals surface area (Å²) in [5, 5.41) is 10.9. The average molecular weight is 242 g/mol. The maximum absolute atomic E-state index is 10.9. The first-order valence-electron chi connectivity index (χ1n) is 7.57. The Hall–Kier alpha value is -0.0400. The van der Waals surface area contributed by atoms with Crippen LogP contribution in [-0.4, -0.2) is 10.7 Å². The van der Waals surface area contributed by atoms with E-state index in [-0.39, 0.29) is 5.41 Å². The second kappa shape index (κ2) is 7.41. The molecule has 0 aliphatic carbocycles. The van der Waals surface area contributed by atoms with E-state index in [1.54, 1.807) is 0 Å². The Bertz CT molecular complexity index is 196. The molecule has 0 aliphatic heterocycles. The lowest BCUT2D eigenvalue weighted by atomic mass is 9.62. The summed E-state index contributed by atoms with van der Waals surface area (Å²) in [4.78, 5) is 0. The van der Waals surface area contributed by atoms with Gasteiger partial charge in [-0.3, -0.25) is 0 Å². The monoisotopic (exact) mass is 242 g/mol. The molecule has 0 fully saturated rings. The Labute approximate surface area is 109 Å². The third-order valence-electron chi connectivity index (χ3n) is 4.36. The molecule has 0 amide bonds. The average Bonchev–Trinajstić information content (AvgIpc) is 2.23. The van der Waals surface area contributed by atoms with Gasteiger partial charge in [0.05, 0.1) is 5.60 Å². The standard InChI is InChI=1S/C16H34O/c1-7-10-12-16(9-3,13-14(4)5)15(6,17)11-8-2/h14,17H,7-13H2,1-6H3. The van der Waals surface area contributed by atoms with Gasteiger partial charge in [0.1, 0.15) is 0 Å². The van der Waals surface area contributed by atoms with Gasteiger partial charge in [-0.1, -0.05) is 53.9 Å². The molecule has 17 heavy (non-hydrogen) atoms. The van der Waals surface area contributed by atoms with Crippen molar-refractivity contribution in [1.82, 2.24) is 0 Å². The van der Waals surface area contributed by atoms with Crippen molar-refractivity contribution in [3.8, 4) is 0 Å². The summed E-state index contributed by atoms with van der Waals surface area (Å²) in [5.74, 6) is 0.662. The van der Waals surface area contributed by atoms with E-state index < -0.39 is 5.60 Å². The molecule has 1 heteroatoms. The summed E-state index contributed by atoms with van der Waals surface area (Å²) in [7, 11) is 0. The highest BCUT2D eigenvalue weighted by Crippen LogP contribution is 2.47. The van der Waals surface area contributed by atoms with Crippen LogP contribution in [0.5, 0.6) is 0 Å². The minimum Gasteiger partial charge on any atom is -0.390 e. The maximum Gasteiger partial charge on any atom is 0.0675 e. The topological polar surface area (TPSA) is 20.2 Å². The van der Waals surface area contributed by atoms with Crippen molar-refractivity contribution in [2.24, 2.45) is 11.3 Å². The smallest absolute Gasteiger partial charge is 0.0675 e. The van der Waals surface area contributed by atoms with E-state index >= 15 is 0 Å². The van der Waals surface area contributed by atoms with Crippen LogP contribution in [0.25, 0.3) is 0 Å². The molecule has 0 saturated carbocycles. The fourth-order valence-electron chi connectivity index (χ4n) is 3.34. The molecular formula is C16H34O. The SMILES string of the molecule is CCCCC(CC)(CC(C)C)C(C)(O)CCC. The van der Waals surface area contributed by atoms with E-state index in [0.29, 0.717) is 5.92 Å². The normalized spacial score (nSPS) is 19.1. The van der Waals surface area contributed by atoms with Crippen LogP contribution in [0.15, 0.2) is 0 Å². The van der Waals surface area contributed by atoms with Crippen LogP contribution in [0.3, 0.4) is 0 Å². The van der Waals surface area contributed by atoms with Gasteiger partial charge >= 0.3 is 0 Å². The summed E-state index contributed by atoms with van der Waals surface area (Å²) < 4.78 is 0. The molecule has 0 aromatic carbocycles. The molecule has 2 atom stereocenters. The van der Waals surface area contributed by atoms with E-state index in [2.05, 4.69) is 41.5 Å².